The molecule has 0 N–H and O–H groups in total. The van der Waals surface area contributed by atoms with Crippen LogP contribution in [-0.4, -0.2) is 57.4 Å². The van der Waals surface area contributed by atoms with E-state index >= 15 is 0 Å². The molecule has 0 unspecified atom stereocenters. The quantitative estimate of drug-likeness (QED) is 0.551. The van der Waals surface area contributed by atoms with Crippen LogP contribution in [0.2, 0.25) is 5.02 Å². The van der Waals surface area contributed by atoms with Crippen LogP contribution in [-0.2, 0) is 21.4 Å². The van der Waals surface area contributed by atoms with Crippen LogP contribution in [0.1, 0.15) is 25.3 Å². The highest BCUT2D eigenvalue weighted by molar-refractivity contribution is 7.89. The molecule has 0 aliphatic carbocycles. The normalized spacial score (nSPS) is 15.3. The fourth-order valence-electron chi connectivity index (χ4n) is 3.93. The van der Waals surface area contributed by atoms with E-state index in [9.17, 15) is 17.6 Å². The molecule has 1 heterocycles. The van der Waals surface area contributed by atoms with Gasteiger partial charge in [-0.05, 0) is 55.7 Å². The first kappa shape index (κ1) is 25.3. The van der Waals surface area contributed by atoms with E-state index in [-0.39, 0.29) is 34.8 Å². The van der Waals surface area contributed by atoms with E-state index in [2.05, 4.69) is 0 Å². The van der Waals surface area contributed by atoms with Crippen molar-refractivity contribution >= 4 is 27.5 Å². The maximum atomic E-state index is 13.4. The highest BCUT2D eigenvalue weighted by Gasteiger charge is 2.34. The highest BCUT2D eigenvalue weighted by Crippen LogP contribution is 2.30. The Balaban J connectivity index is 1.65. The molecule has 33 heavy (non-hydrogen) atoms. The van der Waals surface area contributed by atoms with Gasteiger partial charge in [-0.15, -0.1) is 0 Å². The van der Waals surface area contributed by atoms with Crippen LogP contribution in [0.25, 0.3) is 0 Å². The zero-order valence-electron chi connectivity index (χ0n) is 18.9. The molecule has 10 heteroatoms. The summed E-state index contributed by atoms with van der Waals surface area (Å²) in [5.41, 5.74) is 0.913. The number of halogens is 2. The number of benzene rings is 2. The predicted molar refractivity (Wildman–Crippen MR) is 124 cm³/mol. The topological polar surface area (TPSA) is 76.2 Å². The molecule has 1 saturated heterocycles. The Kier molecular flexibility index (Phi) is 8.20. The minimum Gasteiger partial charge on any atom is -0.493 e. The number of amides is 1. The lowest BCUT2D eigenvalue weighted by Crippen LogP contribution is -2.44. The van der Waals surface area contributed by atoms with Gasteiger partial charge in [0, 0.05) is 32.1 Å². The van der Waals surface area contributed by atoms with Crippen molar-refractivity contribution in [2.24, 2.45) is 5.92 Å². The van der Waals surface area contributed by atoms with E-state index in [1.54, 1.807) is 25.2 Å². The minimum atomic E-state index is -3.81. The second-order valence-electron chi connectivity index (χ2n) is 7.80. The Labute approximate surface area is 199 Å². The number of hydrogen-bond donors (Lipinski definition) is 0. The number of rotatable bonds is 8. The van der Waals surface area contributed by atoms with Crippen molar-refractivity contribution in [3.05, 3.63) is 52.8 Å². The molecule has 7 nitrogen and oxygen atoms in total. The van der Waals surface area contributed by atoms with Gasteiger partial charge in [-0.2, -0.15) is 4.31 Å². The summed E-state index contributed by atoms with van der Waals surface area (Å²) in [6, 6.07) is 8.90. The van der Waals surface area contributed by atoms with Gasteiger partial charge in [0.05, 0.1) is 24.1 Å². The number of carbonyl (C=O) groups excluding carboxylic acids is 1. The highest BCUT2D eigenvalue weighted by atomic mass is 35.5. The fourth-order valence-corrected chi connectivity index (χ4v) is 5.67. The van der Waals surface area contributed by atoms with Crippen molar-refractivity contribution in [1.82, 2.24) is 9.21 Å². The summed E-state index contributed by atoms with van der Waals surface area (Å²) in [7, 11) is -0.680. The number of hydrogen-bond acceptors (Lipinski definition) is 5. The summed E-state index contributed by atoms with van der Waals surface area (Å²) < 4.78 is 51.1. The van der Waals surface area contributed by atoms with E-state index in [4.69, 9.17) is 21.1 Å². The first-order chi connectivity index (χ1) is 15.7. The van der Waals surface area contributed by atoms with E-state index in [0.717, 1.165) is 17.7 Å². The average molecular weight is 499 g/mol. The van der Waals surface area contributed by atoms with Gasteiger partial charge in [0.2, 0.25) is 15.9 Å². The van der Waals surface area contributed by atoms with E-state index in [1.165, 1.54) is 10.4 Å². The Hall–Kier alpha value is -2.36. The van der Waals surface area contributed by atoms with Crippen molar-refractivity contribution in [1.29, 1.82) is 0 Å². The molecule has 2 aromatic carbocycles. The average Bonchev–Trinajstić information content (AvgIpc) is 2.83. The summed E-state index contributed by atoms with van der Waals surface area (Å²) in [5, 5.41) is -0.241. The third-order valence-corrected chi connectivity index (χ3v) is 8.03. The standard InChI is InChI=1S/C23H28ClFN2O5S/c1-4-26(15-16-5-8-21(31-2)22(13-16)32-3)23(28)17-9-11-27(12-10-17)33(29,30)18-6-7-20(25)19(24)14-18/h5-8,13-14,17H,4,9-12,15H2,1-3H3. The van der Waals surface area contributed by atoms with Crippen molar-refractivity contribution in [3.63, 3.8) is 0 Å². The van der Waals surface area contributed by atoms with Gasteiger partial charge in [-0.1, -0.05) is 17.7 Å². The molecule has 1 aliphatic heterocycles. The van der Waals surface area contributed by atoms with Gasteiger partial charge < -0.3 is 14.4 Å². The number of piperidine rings is 1. The summed E-state index contributed by atoms with van der Waals surface area (Å²) in [6.07, 6.45) is 0.824. The molecule has 0 spiro atoms. The number of ether oxygens (including phenoxy) is 2. The van der Waals surface area contributed by atoms with Crippen molar-refractivity contribution < 1.29 is 27.1 Å². The Bertz CT molecular complexity index is 1100. The van der Waals surface area contributed by atoms with Gasteiger partial charge in [-0.3, -0.25) is 4.79 Å². The van der Waals surface area contributed by atoms with E-state index < -0.39 is 15.8 Å². The van der Waals surface area contributed by atoms with Crippen LogP contribution in [0.5, 0.6) is 11.5 Å². The molecule has 1 fully saturated rings. The maximum Gasteiger partial charge on any atom is 0.243 e. The molecular weight excluding hydrogens is 471 g/mol. The number of carbonyl (C=O) groups is 1. The number of sulfonamides is 1. The Morgan fingerprint density at radius 2 is 1.79 bits per heavy atom. The lowest BCUT2D eigenvalue weighted by atomic mass is 9.96. The Morgan fingerprint density at radius 1 is 1.12 bits per heavy atom. The van der Waals surface area contributed by atoms with E-state index in [1.807, 2.05) is 19.1 Å². The zero-order valence-corrected chi connectivity index (χ0v) is 20.5. The van der Waals surface area contributed by atoms with Crippen LogP contribution in [0.3, 0.4) is 0 Å². The van der Waals surface area contributed by atoms with Gasteiger partial charge in [0.1, 0.15) is 5.82 Å². The fraction of sp³-hybridized carbons (Fsp3) is 0.435. The maximum absolute atomic E-state index is 13.4. The second-order valence-corrected chi connectivity index (χ2v) is 10.1. The van der Waals surface area contributed by atoms with Crippen LogP contribution in [0, 0.1) is 11.7 Å². The lowest BCUT2D eigenvalue weighted by Gasteiger charge is -2.33. The summed E-state index contributed by atoms with van der Waals surface area (Å²) in [6.45, 7) is 3.28. The van der Waals surface area contributed by atoms with Gasteiger partial charge in [-0.25, -0.2) is 12.8 Å². The molecular formula is C23H28ClFN2O5S. The first-order valence-corrected chi connectivity index (χ1v) is 12.5. The molecule has 0 saturated carbocycles. The molecule has 180 valence electrons. The van der Waals surface area contributed by atoms with Crippen molar-refractivity contribution in [2.45, 2.75) is 31.2 Å². The van der Waals surface area contributed by atoms with Gasteiger partial charge in [0.25, 0.3) is 0 Å². The third-order valence-electron chi connectivity index (χ3n) is 5.85. The molecule has 3 rings (SSSR count). The minimum absolute atomic E-state index is 0.00541. The second kappa shape index (κ2) is 10.7. The predicted octanol–water partition coefficient (Wildman–Crippen LogP) is 3.95. The molecule has 0 atom stereocenters. The number of methoxy groups -OCH3 is 2. The summed E-state index contributed by atoms with van der Waals surface area (Å²) >= 11 is 5.75. The van der Waals surface area contributed by atoms with Crippen LogP contribution in [0.15, 0.2) is 41.3 Å². The zero-order chi connectivity index (χ0) is 24.2. The largest absolute Gasteiger partial charge is 0.493 e. The third kappa shape index (κ3) is 5.59. The summed E-state index contributed by atoms with van der Waals surface area (Å²) in [5.74, 6) is 0.265. The van der Waals surface area contributed by atoms with Crippen molar-refractivity contribution in [2.75, 3.05) is 33.9 Å². The van der Waals surface area contributed by atoms with E-state index in [0.29, 0.717) is 37.4 Å². The SMILES string of the molecule is CCN(Cc1ccc(OC)c(OC)c1)C(=O)C1CCN(S(=O)(=O)c2ccc(F)c(Cl)c2)CC1. The van der Waals surface area contributed by atoms with Crippen LogP contribution < -0.4 is 9.47 Å². The first-order valence-electron chi connectivity index (χ1n) is 10.7. The molecule has 0 radical (unpaired) electrons. The molecule has 0 aromatic heterocycles. The summed E-state index contributed by atoms with van der Waals surface area (Å²) in [4.78, 5) is 14.9. The molecule has 2 aromatic rings. The van der Waals surface area contributed by atoms with Crippen LogP contribution >= 0.6 is 11.6 Å². The smallest absolute Gasteiger partial charge is 0.243 e. The molecule has 1 aliphatic rings. The van der Waals surface area contributed by atoms with Gasteiger partial charge >= 0.3 is 0 Å². The van der Waals surface area contributed by atoms with Crippen LogP contribution in [0.4, 0.5) is 4.39 Å². The molecule has 0 bridgehead atoms. The van der Waals surface area contributed by atoms with Crippen molar-refractivity contribution in [3.8, 4) is 11.5 Å². The van der Waals surface area contributed by atoms with Gasteiger partial charge in [0.15, 0.2) is 11.5 Å². The lowest BCUT2D eigenvalue weighted by molar-refractivity contribution is -0.137. The number of nitrogens with zero attached hydrogens (tertiary/aromatic N) is 2. The molecule has 1 amide bonds. The monoisotopic (exact) mass is 498 g/mol. The Morgan fingerprint density at radius 3 is 2.36 bits per heavy atom.